The summed E-state index contributed by atoms with van der Waals surface area (Å²) in [5.41, 5.74) is 1.64. The van der Waals surface area contributed by atoms with E-state index in [1.807, 2.05) is 61.5 Å². The second kappa shape index (κ2) is 9.72. The predicted molar refractivity (Wildman–Crippen MR) is 129 cm³/mol. The fourth-order valence-electron chi connectivity index (χ4n) is 4.08. The van der Waals surface area contributed by atoms with Crippen molar-refractivity contribution in [1.29, 1.82) is 0 Å². The van der Waals surface area contributed by atoms with E-state index in [1.54, 1.807) is 13.2 Å². The van der Waals surface area contributed by atoms with Crippen LogP contribution in [0.15, 0.2) is 48.5 Å². The second-order valence-electron chi connectivity index (χ2n) is 8.31. The maximum atomic E-state index is 12.4. The monoisotopic (exact) mass is 434 g/mol. The third-order valence-electron chi connectivity index (χ3n) is 5.73. The van der Waals surface area contributed by atoms with Crippen LogP contribution >= 0.6 is 0 Å². The van der Waals surface area contributed by atoms with Gasteiger partial charge in [-0.05, 0) is 49.9 Å². The molecular formula is C24H30N6O2. The van der Waals surface area contributed by atoms with Crippen molar-refractivity contribution in [1.82, 2.24) is 15.3 Å². The highest BCUT2D eigenvalue weighted by atomic mass is 16.5. The van der Waals surface area contributed by atoms with Crippen LogP contribution < -0.4 is 25.6 Å². The number of hydrogen-bond donors (Lipinski definition) is 3. The molecule has 8 nitrogen and oxygen atoms in total. The first-order valence-corrected chi connectivity index (χ1v) is 10.9. The van der Waals surface area contributed by atoms with Crippen LogP contribution in [0.25, 0.3) is 10.9 Å². The van der Waals surface area contributed by atoms with Gasteiger partial charge < -0.3 is 25.6 Å². The molecule has 0 bridgehead atoms. The molecule has 1 saturated carbocycles. The predicted octanol–water partition coefficient (Wildman–Crippen LogP) is 4.25. The number of para-hydroxylation sites is 1. The van der Waals surface area contributed by atoms with Gasteiger partial charge in [-0.1, -0.05) is 18.2 Å². The first kappa shape index (κ1) is 21.7. The first-order valence-electron chi connectivity index (χ1n) is 10.9. The second-order valence-corrected chi connectivity index (χ2v) is 8.31. The van der Waals surface area contributed by atoms with E-state index in [2.05, 4.69) is 16.0 Å². The summed E-state index contributed by atoms with van der Waals surface area (Å²) in [5, 5.41) is 10.5. The van der Waals surface area contributed by atoms with Crippen molar-refractivity contribution in [2.45, 2.75) is 37.8 Å². The summed E-state index contributed by atoms with van der Waals surface area (Å²) >= 11 is 0. The maximum Gasteiger partial charge on any atom is 0.319 e. The summed E-state index contributed by atoms with van der Waals surface area (Å²) in [6.45, 7) is 0. The zero-order valence-corrected chi connectivity index (χ0v) is 18.8. The van der Waals surface area contributed by atoms with Crippen LogP contribution in [0.5, 0.6) is 5.75 Å². The highest BCUT2D eigenvalue weighted by Gasteiger charge is 2.23. The van der Waals surface area contributed by atoms with E-state index in [0.29, 0.717) is 17.4 Å². The Bertz CT molecular complexity index is 1080. The van der Waals surface area contributed by atoms with Gasteiger partial charge in [-0.25, -0.2) is 9.78 Å². The molecule has 1 aliphatic carbocycles. The van der Waals surface area contributed by atoms with E-state index in [4.69, 9.17) is 14.7 Å². The van der Waals surface area contributed by atoms with E-state index in [1.165, 1.54) is 0 Å². The summed E-state index contributed by atoms with van der Waals surface area (Å²) < 4.78 is 5.20. The lowest BCUT2D eigenvalue weighted by Crippen LogP contribution is -2.42. The van der Waals surface area contributed by atoms with E-state index < -0.39 is 0 Å². The van der Waals surface area contributed by atoms with Gasteiger partial charge >= 0.3 is 6.03 Å². The molecule has 3 N–H and O–H groups in total. The summed E-state index contributed by atoms with van der Waals surface area (Å²) in [6.07, 6.45) is 3.68. The molecule has 0 atom stereocenters. The molecule has 4 rings (SSSR count). The molecule has 3 aromatic rings. The fourth-order valence-corrected chi connectivity index (χ4v) is 4.08. The number of carbonyl (C=O) groups excluding carboxylic acids is 1. The van der Waals surface area contributed by atoms with Crippen molar-refractivity contribution in [2.75, 3.05) is 36.7 Å². The lowest BCUT2D eigenvalue weighted by molar-refractivity contribution is 0.243. The van der Waals surface area contributed by atoms with Gasteiger partial charge in [-0.15, -0.1) is 0 Å². The molecule has 8 heteroatoms. The van der Waals surface area contributed by atoms with Crippen LogP contribution in [0.1, 0.15) is 25.7 Å². The van der Waals surface area contributed by atoms with Crippen LogP contribution in [0.4, 0.5) is 22.2 Å². The number of anilines is 3. The highest BCUT2D eigenvalue weighted by Crippen LogP contribution is 2.26. The van der Waals surface area contributed by atoms with E-state index >= 15 is 0 Å². The number of nitrogens with one attached hydrogen (secondary N) is 3. The van der Waals surface area contributed by atoms with E-state index in [0.717, 1.165) is 42.4 Å². The largest absolute Gasteiger partial charge is 0.497 e. The Hall–Kier alpha value is -3.55. The third-order valence-corrected chi connectivity index (χ3v) is 5.73. The Morgan fingerprint density at radius 3 is 2.50 bits per heavy atom. The van der Waals surface area contributed by atoms with Crippen LogP contribution in [0.2, 0.25) is 0 Å². The van der Waals surface area contributed by atoms with Crippen LogP contribution in [-0.2, 0) is 0 Å². The molecule has 0 saturated heterocycles. The Morgan fingerprint density at radius 1 is 1.00 bits per heavy atom. The number of methoxy groups -OCH3 is 1. The SMILES string of the molecule is COc1cccc(NC(=O)N[C@H]2CC[C@@H](Nc3nc(N(C)C)c4ccccc4n3)CC2)c1. The molecule has 1 fully saturated rings. The Morgan fingerprint density at radius 2 is 1.75 bits per heavy atom. The lowest BCUT2D eigenvalue weighted by Gasteiger charge is -2.30. The highest BCUT2D eigenvalue weighted by molar-refractivity contribution is 5.90. The van der Waals surface area contributed by atoms with Gasteiger partial charge in [-0.3, -0.25) is 0 Å². The molecule has 1 aromatic heterocycles. The smallest absolute Gasteiger partial charge is 0.319 e. The van der Waals surface area contributed by atoms with Gasteiger partial charge in [0, 0.05) is 43.3 Å². The zero-order valence-electron chi connectivity index (χ0n) is 18.8. The minimum absolute atomic E-state index is 0.147. The minimum Gasteiger partial charge on any atom is -0.497 e. The normalized spacial score (nSPS) is 18.1. The third kappa shape index (κ3) is 5.19. The number of amides is 2. The van der Waals surface area contributed by atoms with Gasteiger partial charge in [0.1, 0.15) is 11.6 Å². The number of benzene rings is 2. The van der Waals surface area contributed by atoms with Crippen molar-refractivity contribution >= 4 is 34.4 Å². The number of aromatic nitrogens is 2. The zero-order chi connectivity index (χ0) is 22.5. The summed E-state index contributed by atoms with van der Waals surface area (Å²) in [6, 6.07) is 15.6. The summed E-state index contributed by atoms with van der Waals surface area (Å²) in [4.78, 5) is 23.8. The van der Waals surface area contributed by atoms with E-state index in [-0.39, 0.29) is 18.1 Å². The Labute approximate surface area is 188 Å². The molecule has 32 heavy (non-hydrogen) atoms. The van der Waals surface area contributed by atoms with Gasteiger partial charge in [0.2, 0.25) is 5.95 Å². The fraction of sp³-hybridized carbons (Fsp3) is 0.375. The van der Waals surface area contributed by atoms with Gasteiger partial charge in [-0.2, -0.15) is 4.98 Å². The number of hydrogen-bond acceptors (Lipinski definition) is 6. The van der Waals surface area contributed by atoms with Gasteiger partial charge in [0.05, 0.1) is 12.6 Å². The molecular weight excluding hydrogens is 404 g/mol. The van der Waals surface area contributed by atoms with Crippen molar-refractivity contribution in [3.63, 3.8) is 0 Å². The number of ether oxygens (including phenoxy) is 1. The first-order chi connectivity index (χ1) is 15.5. The standard InChI is InChI=1S/C24H30N6O2/c1-30(2)22-20-9-4-5-10-21(20)28-23(29-22)25-16-11-13-17(14-12-16)26-24(31)27-18-7-6-8-19(15-18)32-3/h4-10,15-17H,11-14H2,1-3H3,(H,25,28,29)(H2,26,27,31)/t16-,17+. The lowest BCUT2D eigenvalue weighted by atomic mass is 9.91. The van der Waals surface area contributed by atoms with Gasteiger partial charge in [0.25, 0.3) is 0 Å². The number of carbonyl (C=O) groups is 1. The van der Waals surface area contributed by atoms with Crippen LogP contribution in [0, 0.1) is 0 Å². The number of nitrogens with zero attached hydrogens (tertiary/aromatic N) is 3. The Balaban J connectivity index is 1.31. The molecule has 0 unspecified atom stereocenters. The molecule has 168 valence electrons. The number of urea groups is 1. The molecule has 0 aliphatic heterocycles. The Kier molecular flexibility index (Phi) is 6.58. The molecule has 1 aliphatic rings. The molecule has 0 spiro atoms. The van der Waals surface area contributed by atoms with Crippen LogP contribution in [-0.4, -0.2) is 49.3 Å². The van der Waals surface area contributed by atoms with Crippen LogP contribution in [0.3, 0.4) is 0 Å². The van der Waals surface area contributed by atoms with Crippen molar-refractivity contribution in [3.05, 3.63) is 48.5 Å². The average Bonchev–Trinajstić information content (AvgIpc) is 2.80. The number of fused-ring (bicyclic) bond motifs is 1. The summed E-state index contributed by atoms with van der Waals surface area (Å²) in [5.74, 6) is 2.27. The van der Waals surface area contributed by atoms with E-state index in [9.17, 15) is 4.79 Å². The topological polar surface area (TPSA) is 91.4 Å². The summed E-state index contributed by atoms with van der Waals surface area (Å²) in [7, 11) is 5.59. The maximum absolute atomic E-state index is 12.4. The number of rotatable bonds is 6. The van der Waals surface area contributed by atoms with Gasteiger partial charge in [0.15, 0.2) is 0 Å². The molecule has 0 radical (unpaired) electrons. The molecule has 2 aromatic carbocycles. The quantitative estimate of drug-likeness (QED) is 0.537. The average molecular weight is 435 g/mol. The molecule has 1 heterocycles. The van der Waals surface area contributed by atoms with Crippen molar-refractivity contribution < 1.29 is 9.53 Å². The minimum atomic E-state index is -0.192. The van der Waals surface area contributed by atoms with Crippen molar-refractivity contribution in [2.24, 2.45) is 0 Å². The molecule has 2 amide bonds. The van der Waals surface area contributed by atoms with Crippen molar-refractivity contribution in [3.8, 4) is 5.75 Å².